The fourth-order valence-corrected chi connectivity index (χ4v) is 1.40. The van der Waals surface area contributed by atoms with Crippen molar-refractivity contribution in [1.29, 1.82) is 0 Å². The van der Waals surface area contributed by atoms with Crippen molar-refractivity contribution in [2.75, 3.05) is 7.11 Å². The van der Waals surface area contributed by atoms with Crippen LogP contribution in [-0.4, -0.2) is 18.2 Å². The van der Waals surface area contributed by atoms with E-state index in [2.05, 4.69) is 4.74 Å². The third kappa shape index (κ3) is 2.27. The van der Waals surface area contributed by atoms with Gasteiger partial charge in [0, 0.05) is 5.56 Å². The Labute approximate surface area is 88.7 Å². The molecule has 1 aromatic rings. The van der Waals surface area contributed by atoms with Gasteiger partial charge in [-0.1, -0.05) is 25.1 Å². The van der Waals surface area contributed by atoms with E-state index in [9.17, 15) is 9.90 Å². The lowest BCUT2D eigenvalue weighted by atomic mass is 10.0. The van der Waals surface area contributed by atoms with Crippen LogP contribution < -0.4 is 5.73 Å². The van der Waals surface area contributed by atoms with E-state index >= 15 is 0 Å². The number of phenols is 1. The Morgan fingerprint density at radius 2 is 2.27 bits per heavy atom. The monoisotopic (exact) mass is 209 g/mol. The Balaban J connectivity index is 3.09. The highest BCUT2D eigenvalue weighted by atomic mass is 16.5. The lowest BCUT2D eigenvalue weighted by Crippen LogP contribution is -2.22. The quantitative estimate of drug-likeness (QED) is 0.732. The summed E-state index contributed by atoms with van der Waals surface area (Å²) in [7, 11) is 1.27. The number of ether oxygens (including phenoxy) is 1. The zero-order chi connectivity index (χ0) is 11.4. The number of carbonyl (C=O) groups excluding carboxylic acids is 1. The first-order valence-electron chi connectivity index (χ1n) is 4.76. The molecule has 4 heteroatoms. The molecule has 1 atom stereocenters. The number of hydrogen-bond acceptors (Lipinski definition) is 4. The molecule has 0 heterocycles. The van der Waals surface area contributed by atoms with Gasteiger partial charge in [-0.15, -0.1) is 0 Å². The minimum atomic E-state index is -0.929. The van der Waals surface area contributed by atoms with Gasteiger partial charge in [-0.05, 0) is 12.0 Å². The molecule has 0 aliphatic rings. The van der Waals surface area contributed by atoms with E-state index in [0.29, 0.717) is 12.0 Å². The van der Waals surface area contributed by atoms with E-state index in [1.807, 2.05) is 6.92 Å². The van der Waals surface area contributed by atoms with Crippen molar-refractivity contribution in [1.82, 2.24) is 0 Å². The van der Waals surface area contributed by atoms with Gasteiger partial charge in [0.05, 0.1) is 7.11 Å². The van der Waals surface area contributed by atoms with Gasteiger partial charge in [0.15, 0.2) is 0 Å². The summed E-state index contributed by atoms with van der Waals surface area (Å²) in [4.78, 5) is 11.2. The minimum Gasteiger partial charge on any atom is -0.507 e. The van der Waals surface area contributed by atoms with E-state index in [4.69, 9.17) is 5.73 Å². The lowest BCUT2D eigenvalue weighted by molar-refractivity contribution is -0.142. The number of para-hydroxylation sites is 1. The Kier molecular flexibility index (Phi) is 3.68. The predicted octanol–water partition coefficient (Wildman–Crippen LogP) is 1.13. The zero-order valence-corrected chi connectivity index (χ0v) is 8.86. The number of hydrogen-bond donors (Lipinski definition) is 2. The Morgan fingerprint density at radius 3 is 2.80 bits per heavy atom. The number of carbonyl (C=O) groups is 1. The molecule has 82 valence electrons. The number of aryl methyl sites for hydroxylation is 1. The average molecular weight is 209 g/mol. The largest absolute Gasteiger partial charge is 0.507 e. The number of esters is 1. The second-order valence-corrected chi connectivity index (χ2v) is 3.21. The number of benzene rings is 1. The number of aromatic hydroxyl groups is 1. The van der Waals surface area contributed by atoms with Crippen LogP contribution in [0.2, 0.25) is 0 Å². The van der Waals surface area contributed by atoms with Crippen molar-refractivity contribution in [3.05, 3.63) is 29.3 Å². The molecular weight excluding hydrogens is 194 g/mol. The first-order chi connectivity index (χ1) is 7.11. The highest BCUT2D eigenvalue weighted by molar-refractivity contribution is 5.78. The molecule has 0 aliphatic heterocycles. The van der Waals surface area contributed by atoms with Gasteiger partial charge in [0.2, 0.25) is 0 Å². The van der Waals surface area contributed by atoms with Crippen LogP contribution in [0, 0.1) is 0 Å². The van der Waals surface area contributed by atoms with E-state index in [0.717, 1.165) is 5.56 Å². The van der Waals surface area contributed by atoms with Crippen molar-refractivity contribution in [3.63, 3.8) is 0 Å². The number of phenolic OH excluding ortho intramolecular Hbond substituents is 1. The first-order valence-corrected chi connectivity index (χ1v) is 4.76. The van der Waals surface area contributed by atoms with Gasteiger partial charge in [-0.25, -0.2) is 0 Å². The number of nitrogens with two attached hydrogens (primary N) is 1. The maximum absolute atomic E-state index is 11.2. The predicted molar refractivity (Wildman–Crippen MR) is 56.4 cm³/mol. The van der Waals surface area contributed by atoms with Crippen LogP contribution >= 0.6 is 0 Å². The summed E-state index contributed by atoms with van der Waals surface area (Å²) in [6.45, 7) is 1.92. The molecule has 0 unspecified atom stereocenters. The molecular formula is C11H15NO3. The highest BCUT2D eigenvalue weighted by Gasteiger charge is 2.20. The normalized spacial score (nSPS) is 12.2. The fraction of sp³-hybridized carbons (Fsp3) is 0.364. The summed E-state index contributed by atoms with van der Waals surface area (Å²) < 4.78 is 4.52. The molecule has 3 N–H and O–H groups in total. The summed E-state index contributed by atoms with van der Waals surface area (Å²) in [5, 5.41) is 9.82. The van der Waals surface area contributed by atoms with Gasteiger partial charge in [0.25, 0.3) is 0 Å². The summed E-state index contributed by atoms with van der Waals surface area (Å²) in [6, 6.07) is 4.25. The summed E-state index contributed by atoms with van der Waals surface area (Å²) in [5.41, 5.74) is 6.81. The smallest absolute Gasteiger partial charge is 0.327 e. The van der Waals surface area contributed by atoms with Gasteiger partial charge in [-0.2, -0.15) is 0 Å². The van der Waals surface area contributed by atoms with Crippen LogP contribution in [0.3, 0.4) is 0 Å². The maximum Gasteiger partial charge on any atom is 0.327 e. The standard InChI is InChI=1S/C11H15NO3/c1-3-7-5-4-6-8(10(7)13)9(12)11(14)15-2/h4-6,9,13H,3,12H2,1-2H3/t9-/m1/s1. The molecule has 0 saturated carbocycles. The molecule has 0 fully saturated rings. The fourth-order valence-electron chi connectivity index (χ4n) is 1.40. The van der Waals surface area contributed by atoms with Gasteiger partial charge in [-0.3, -0.25) is 4.79 Å². The van der Waals surface area contributed by atoms with Gasteiger partial charge < -0.3 is 15.6 Å². The molecule has 4 nitrogen and oxygen atoms in total. The molecule has 15 heavy (non-hydrogen) atoms. The molecule has 0 amide bonds. The van der Waals surface area contributed by atoms with E-state index in [1.165, 1.54) is 7.11 Å². The average Bonchev–Trinajstić information content (AvgIpc) is 2.27. The third-order valence-electron chi connectivity index (χ3n) is 2.32. The van der Waals surface area contributed by atoms with Gasteiger partial charge in [0.1, 0.15) is 11.8 Å². The van der Waals surface area contributed by atoms with Crippen LogP contribution in [-0.2, 0) is 16.0 Å². The molecule has 0 aromatic heterocycles. The minimum absolute atomic E-state index is 0.0814. The van der Waals surface area contributed by atoms with Crippen LogP contribution in [0.4, 0.5) is 0 Å². The van der Waals surface area contributed by atoms with Crippen molar-refractivity contribution in [2.45, 2.75) is 19.4 Å². The summed E-state index contributed by atoms with van der Waals surface area (Å²) in [5.74, 6) is -0.476. The summed E-state index contributed by atoms with van der Waals surface area (Å²) in [6.07, 6.45) is 0.688. The molecule has 0 bridgehead atoms. The van der Waals surface area contributed by atoms with Crippen LogP contribution in [0.15, 0.2) is 18.2 Å². The second-order valence-electron chi connectivity index (χ2n) is 3.21. The van der Waals surface area contributed by atoms with E-state index in [1.54, 1.807) is 18.2 Å². The number of methoxy groups -OCH3 is 1. The molecule has 0 aliphatic carbocycles. The van der Waals surface area contributed by atoms with Crippen molar-refractivity contribution < 1.29 is 14.6 Å². The maximum atomic E-state index is 11.2. The van der Waals surface area contributed by atoms with Crippen molar-refractivity contribution >= 4 is 5.97 Å². The molecule has 0 radical (unpaired) electrons. The zero-order valence-electron chi connectivity index (χ0n) is 8.86. The Morgan fingerprint density at radius 1 is 1.60 bits per heavy atom. The summed E-state index contributed by atoms with van der Waals surface area (Å²) >= 11 is 0. The number of rotatable bonds is 3. The van der Waals surface area contributed by atoms with Crippen molar-refractivity contribution in [3.8, 4) is 5.75 Å². The van der Waals surface area contributed by atoms with Crippen LogP contribution in [0.25, 0.3) is 0 Å². The van der Waals surface area contributed by atoms with Crippen molar-refractivity contribution in [2.24, 2.45) is 5.73 Å². The third-order valence-corrected chi connectivity index (χ3v) is 2.32. The van der Waals surface area contributed by atoms with Crippen LogP contribution in [0.5, 0.6) is 5.75 Å². The van der Waals surface area contributed by atoms with E-state index in [-0.39, 0.29) is 5.75 Å². The highest BCUT2D eigenvalue weighted by Crippen LogP contribution is 2.27. The molecule has 1 aromatic carbocycles. The molecule has 0 spiro atoms. The lowest BCUT2D eigenvalue weighted by Gasteiger charge is -2.13. The second kappa shape index (κ2) is 4.79. The molecule has 0 saturated heterocycles. The molecule has 1 rings (SSSR count). The first kappa shape index (κ1) is 11.5. The SMILES string of the molecule is CCc1cccc([C@@H](N)C(=O)OC)c1O. The van der Waals surface area contributed by atoms with E-state index < -0.39 is 12.0 Å². The van der Waals surface area contributed by atoms with Gasteiger partial charge >= 0.3 is 5.97 Å². The topological polar surface area (TPSA) is 72.6 Å². The van der Waals surface area contributed by atoms with Crippen LogP contribution in [0.1, 0.15) is 24.1 Å². The Bertz CT molecular complexity index is 363. The Hall–Kier alpha value is -1.55.